The second-order valence-corrected chi connectivity index (χ2v) is 6.01. The minimum Gasteiger partial charge on any atom is -0.466 e. The van der Waals surface area contributed by atoms with Gasteiger partial charge in [-0.2, -0.15) is 0 Å². The molecule has 0 fully saturated rings. The number of thiophene rings is 1. The summed E-state index contributed by atoms with van der Waals surface area (Å²) in [4.78, 5) is 15.5. The highest BCUT2D eigenvalue weighted by Gasteiger charge is 2.18. The van der Waals surface area contributed by atoms with Gasteiger partial charge in [-0.15, -0.1) is 11.3 Å². The molecule has 2 rings (SSSR count). The maximum absolute atomic E-state index is 12.2. The number of furan rings is 1. The maximum atomic E-state index is 12.2. The van der Waals surface area contributed by atoms with Crippen LogP contribution in [0.25, 0.3) is 0 Å². The summed E-state index contributed by atoms with van der Waals surface area (Å²) < 4.78 is 5.39. The quantitative estimate of drug-likeness (QED) is 0.921. The molecule has 1 amide bonds. The lowest BCUT2D eigenvalue weighted by Gasteiger charge is -2.23. The van der Waals surface area contributed by atoms with Gasteiger partial charge in [-0.3, -0.25) is 4.79 Å². The second kappa shape index (κ2) is 6.24. The Hall–Kier alpha value is -1.59. The largest absolute Gasteiger partial charge is 0.466 e. The summed E-state index contributed by atoms with van der Waals surface area (Å²) >= 11 is 1.70. The first kappa shape index (κ1) is 14.8. The highest BCUT2D eigenvalue weighted by Crippen LogP contribution is 2.22. The number of rotatable bonds is 5. The summed E-state index contributed by atoms with van der Waals surface area (Å²) in [5, 5.41) is 5.04. The Labute approximate surface area is 123 Å². The Kier molecular flexibility index (Phi) is 4.62. The molecule has 0 radical (unpaired) electrons. The molecule has 108 valence electrons. The maximum Gasteiger partial charge on any atom is 0.254 e. The zero-order valence-electron chi connectivity index (χ0n) is 12.3. The summed E-state index contributed by atoms with van der Waals surface area (Å²) in [6, 6.07) is 6.09. The van der Waals surface area contributed by atoms with Crippen molar-refractivity contribution in [1.29, 1.82) is 0 Å². The fourth-order valence-electron chi connectivity index (χ4n) is 2.16. The topological polar surface area (TPSA) is 45.5 Å². The first-order valence-electron chi connectivity index (χ1n) is 6.54. The molecule has 1 atom stereocenters. The number of hydrogen-bond donors (Lipinski definition) is 1. The molecule has 2 aromatic heterocycles. The van der Waals surface area contributed by atoms with E-state index < -0.39 is 0 Å². The smallest absolute Gasteiger partial charge is 0.254 e. The Balaban J connectivity index is 2.03. The number of aryl methyl sites for hydroxylation is 2. The van der Waals surface area contributed by atoms with E-state index in [1.165, 1.54) is 4.88 Å². The standard InChI is InChI=1S/C15H20N2O2S/c1-10-8-12(11(2)19-10)15(18)16-9-13(17(3)4)14-6-5-7-20-14/h5-8,13H,9H2,1-4H3,(H,16,18). The van der Waals surface area contributed by atoms with Gasteiger partial charge in [0, 0.05) is 11.4 Å². The van der Waals surface area contributed by atoms with Gasteiger partial charge in [0.2, 0.25) is 0 Å². The molecular formula is C15H20N2O2S. The Morgan fingerprint density at radius 3 is 2.70 bits per heavy atom. The molecule has 0 aromatic carbocycles. The molecule has 0 aliphatic carbocycles. The summed E-state index contributed by atoms with van der Waals surface area (Å²) in [6.45, 7) is 4.23. The van der Waals surface area contributed by atoms with Gasteiger partial charge in [-0.25, -0.2) is 0 Å². The van der Waals surface area contributed by atoms with E-state index in [2.05, 4.69) is 21.7 Å². The number of nitrogens with zero attached hydrogens (tertiary/aromatic N) is 1. The fraction of sp³-hybridized carbons (Fsp3) is 0.400. The molecule has 0 bridgehead atoms. The summed E-state index contributed by atoms with van der Waals surface area (Å²) in [5.74, 6) is 1.34. The highest BCUT2D eigenvalue weighted by molar-refractivity contribution is 7.10. The Morgan fingerprint density at radius 1 is 1.45 bits per heavy atom. The molecule has 0 saturated heterocycles. The third kappa shape index (κ3) is 3.29. The molecule has 1 unspecified atom stereocenters. The van der Waals surface area contributed by atoms with Crippen molar-refractivity contribution >= 4 is 17.2 Å². The normalized spacial score (nSPS) is 12.7. The third-order valence-electron chi connectivity index (χ3n) is 3.24. The molecule has 5 heteroatoms. The van der Waals surface area contributed by atoms with Gasteiger partial charge in [-0.1, -0.05) is 6.07 Å². The van der Waals surface area contributed by atoms with E-state index in [0.717, 1.165) is 5.76 Å². The summed E-state index contributed by atoms with van der Waals surface area (Å²) in [5.41, 5.74) is 0.617. The lowest BCUT2D eigenvalue weighted by molar-refractivity contribution is 0.0941. The number of nitrogens with one attached hydrogen (secondary N) is 1. The van der Waals surface area contributed by atoms with E-state index in [4.69, 9.17) is 4.42 Å². The number of carbonyl (C=O) groups excluding carboxylic acids is 1. The van der Waals surface area contributed by atoms with E-state index in [1.54, 1.807) is 17.4 Å². The van der Waals surface area contributed by atoms with Gasteiger partial charge in [0.25, 0.3) is 5.91 Å². The molecular weight excluding hydrogens is 272 g/mol. The van der Waals surface area contributed by atoms with Gasteiger partial charge < -0.3 is 14.6 Å². The van der Waals surface area contributed by atoms with Crippen LogP contribution in [0.5, 0.6) is 0 Å². The number of likely N-dealkylation sites (N-methyl/N-ethyl adjacent to an activating group) is 1. The van der Waals surface area contributed by atoms with E-state index in [1.807, 2.05) is 34.0 Å². The number of amides is 1. The van der Waals surface area contributed by atoms with Gasteiger partial charge in [0.05, 0.1) is 11.6 Å². The number of carbonyl (C=O) groups is 1. The van der Waals surface area contributed by atoms with Crippen LogP contribution >= 0.6 is 11.3 Å². The predicted molar refractivity (Wildman–Crippen MR) is 81.3 cm³/mol. The molecule has 2 heterocycles. The van der Waals surface area contributed by atoms with Crippen molar-refractivity contribution in [2.45, 2.75) is 19.9 Å². The Morgan fingerprint density at radius 2 is 2.20 bits per heavy atom. The van der Waals surface area contributed by atoms with Crippen LogP contribution in [0.15, 0.2) is 28.0 Å². The molecule has 2 aromatic rings. The molecule has 0 saturated carbocycles. The second-order valence-electron chi connectivity index (χ2n) is 5.03. The third-order valence-corrected chi connectivity index (χ3v) is 4.21. The van der Waals surface area contributed by atoms with Crippen molar-refractivity contribution in [2.24, 2.45) is 0 Å². The summed E-state index contributed by atoms with van der Waals surface area (Å²) in [7, 11) is 4.04. The van der Waals surface area contributed by atoms with E-state index in [0.29, 0.717) is 17.9 Å². The lowest BCUT2D eigenvalue weighted by atomic mass is 10.2. The van der Waals surface area contributed by atoms with Crippen LogP contribution in [-0.2, 0) is 0 Å². The lowest BCUT2D eigenvalue weighted by Crippen LogP contribution is -2.34. The first-order chi connectivity index (χ1) is 9.49. The Bertz CT molecular complexity index is 573. The van der Waals surface area contributed by atoms with Crippen molar-refractivity contribution in [3.05, 3.63) is 45.5 Å². The van der Waals surface area contributed by atoms with Crippen LogP contribution in [0, 0.1) is 13.8 Å². The summed E-state index contributed by atoms with van der Waals surface area (Å²) in [6.07, 6.45) is 0. The van der Waals surface area contributed by atoms with Gasteiger partial charge in [0.15, 0.2) is 0 Å². The van der Waals surface area contributed by atoms with Crippen LogP contribution < -0.4 is 5.32 Å². The van der Waals surface area contributed by atoms with Gasteiger partial charge in [-0.05, 0) is 45.5 Å². The highest BCUT2D eigenvalue weighted by atomic mass is 32.1. The van der Waals surface area contributed by atoms with Crippen molar-refractivity contribution in [3.63, 3.8) is 0 Å². The van der Waals surface area contributed by atoms with Crippen molar-refractivity contribution in [3.8, 4) is 0 Å². The van der Waals surface area contributed by atoms with Crippen LogP contribution in [0.4, 0.5) is 0 Å². The fourth-order valence-corrected chi connectivity index (χ4v) is 3.08. The van der Waals surface area contributed by atoms with E-state index >= 15 is 0 Å². The van der Waals surface area contributed by atoms with Crippen LogP contribution in [0.3, 0.4) is 0 Å². The average molecular weight is 292 g/mol. The molecule has 1 N–H and O–H groups in total. The molecule has 0 spiro atoms. The average Bonchev–Trinajstić information content (AvgIpc) is 2.99. The monoisotopic (exact) mass is 292 g/mol. The van der Waals surface area contributed by atoms with Crippen molar-refractivity contribution in [1.82, 2.24) is 10.2 Å². The first-order valence-corrected chi connectivity index (χ1v) is 7.42. The van der Waals surface area contributed by atoms with Crippen LogP contribution in [-0.4, -0.2) is 31.4 Å². The minimum absolute atomic E-state index is 0.0808. The van der Waals surface area contributed by atoms with Crippen LogP contribution in [0.1, 0.15) is 32.8 Å². The zero-order valence-corrected chi connectivity index (χ0v) is 13.1. The van der Waals surface area contributed by atoms with E-state index in [-0.39, 0.29) is 11.9 Å². The van der Waals surface area contributed by atoms with E-state index in [9.17, 15) is 4.79 Å². The van der Waals surface area contributed by atoms with Crippen molar-refractivity contribution < 1.29 is 9.21 Å². The predicted octanol–water partition coefficient (Wildman–Crippen LogP) is 2.99. The number of hydrogen-bond acceptors (Lipinski definition) is 4. The van der Waals surface area contributed by atoms with Gasteiger partial charge >= 0.3 is 0 Å². The molecule has 4 nitrogen and oxygen atoms in total. The zero-order chi connectivity index (χ0) is 14.7. The minimum atomic E-state index is -0.0808. The van der Waals surface area contributed by atoms with Gasteiger partial charge in [0.1, 0.15) is 11.5 Å². The SMILES string of the molecule is Cc1cc(C(=O)NCC(c2cccs2)N(C)C)c(C)o1. The molecule has 20 heavy (non-hydrogen) atoms. The molecule has 0 aliphatic heterocycles. The van der Waals surface area contributed by atoms with Crippen molar-refractivity contribution in [2.75, 3.05) is 20.6 Å². The molecule has 0 aliphatic rings. The van der Waals surface area contributed by atoms with Crippen LogP contribution in [0.2, 0.25) is 0 Å².